The molecule has 0 unspecified atom stereocenters. The van der Waals surface area contributed by atoms with Gasteiger partial charge in [-0.1, -0.05) is 19.4 Å². The first-order valence-corrected chi connectivity index (χ1v) is 13.8. The Hall–Kier alpha value is -3.06. The lowest BCUT2D eigenvalue weighted by molar-refractivity contribution is -0.137. The van der Waals surface area contributed by atoms with Crippen LogP contribution in [0.1, 0.15) is 66.5 Å². The van der Waals surface area contributed by atoms with Crippen molar-refractivity contribution in [3.63, 3.8) is 0 Å². The van der Waals surface area contributed by atoms with Gasteiger partial charge in [0, 0.05) is 12.0 Å². The fourth-order valence-electron chi connectivity index (χ4n) is 5.08. The van der Waals surface area contributed by atoms with Crippen LogP contribution in [0.25, 0.3) is 10.6 Å². The standard InChI is InChI=1S/C29H33NO5S/c1-2-5-21-16-22(29-30-28-26(36-29)6-3-13-35-28)9-12-25(21)34-15-4-14-33-23-10-11-24-19(17-23)7-8-20(24)18-27(31)32/h9-12,16-17,20H,2-8,13-15,18H2,1H3,(H,31,32)/t20-/m0/s1. The molecule has 5 rings (SSSR count). The Kier molecular flexibility index (Phi) is 7.75. The smallest absolute Gasteiger partial charge is 0.303 e. The lowest BCUT2D eigenvalue weighted by Crippen LogP contribution is -2.07. The third kappa shape index (κ3) is 5.67. The number of aryl methyl sites for hydroxylation is 3. The van der Waals surface area contributed by atoms with Crippen molar-refractivity contribution in [1.29, 1.82) is 0 Å². The number of carbonyl (C=O) groups is 1. The number of carboxylic acid groups (broad SMARTS) is 1. The number of rotatable bonds is 11. The fourth-order valence-corrected chi connectivity index (χ4v) is 6.12. The zero-order chi connectivity index (χ0) is 24.9. The molecule has 0 saturated carbocycles. The summed E-state index contributed by atoms with van der Waals surface area (Å²) in [6.45, 7) is 4.10. The summed E-state index contributed by atoms with van der Waals surface area (Å²) in [4.78, 5) is 17.0. The number of benzene rings is 2. The number of aromatic nitrogens is 1. The minimum atomic E-state index is -0.735. The van der Waals surface area contributed by atoms with Gasteiger partial charge in [0.1, 0.15) is 16.5 Å². The second-order valence-electron chi connectivity index (χ2n) is 9.52. The maximum atomic E-state index is 11.1. The molecule has 2 heterocycles. The summed E-state index contributed by atoms with van der Waals surface area (Å²) < 4.78 is 17.8. The lowest BCUT2D eigenvalue weighted by Gasteiger charge is -2.13. The number of hydrogen-bond donors (Lipinski definition) is 1. The first-order valence-electron chi connectivity index (χ1n) is 13.0. The molecule has 0 amide bonds. The van der Waals surface area contributed by atoms with Gasteiger partial charge in [0.05, 0.1) is 31.1 Å². The van der Waals surface area contributed by atoms with Crippen LogP contribution in [0.15, 0.2) is 36.4 Å². The summed E-state index contributed by atoms with van der Waals surface area (Å²) in [5.74, 6) is 1.97. The van der Waals surface area contributed by atoms with E-state index in [1.54, 1.807) is 11.3 Å². The number of ether oxygens (including phenoxy) is 3. The molecule has 1 aliphatic heterocycles. The second-order valence-corrected chi connectivity index (χ2v) is 10.6. The SMILES string of the molecule is CCCc1cc(-c2nc3c(s2)CCCO3)ccc1OCCCOc1ccc2c(c1)CC[C@H]2CC(=O)O. The number of aliphatic carboxylic acids is 1. The molecule has 1 atom stereocenters. The van der Waals surface area contributed by atoms with Gasteiger partial charge in [-0.3, -0.25) is 4.79 Å². The number of fused-ring (bicyclic) bond motifs is 2. The zero-order valence-corrected chi connectivity index (χ0v) is 21.6. The van der Waals surface area contributed by atoms with Crippen molar-refractivity contribution in [3.05, 3.63) is 58.0 Å². The van der Waals surface area contributed by atoms with E-state index >= 15 is 0 Å². The van der Waals surface area contributed by atoms with Crippen LogP contribution in [0, 0.1) is 0 Å². The van der Waals surface area contributed by atoms with E-state index in [1.807, 2.05) is 12.1 Å². The molecule has 0 fully saturated rings. The third-order valence-electron chi connectivity index (χ3n) is 6.83. The highest BCUT2D eigenvalue weighted by molar-refractivity contribution is 7.15. The molecule has 0 saturated heterocycles. The molecule has 36 heavy (non-hydrogen) atoms. The Morgan fingerprint density at radius 2 is 2.06 bits per heavy atom. The van der Waals surface area contributed by atoms with Crippen molar-refractivity contribution in [2.75, 3.05) is 19.8 Å². The number of carboxylic acids is 1. The molecule has 190 valence electrons. The third-order valence-corrected chi connectivity index (χ3v) is 7.97. The van der Waals surface area contributed by atoms with Crippen molar-refractivity contribution in [1.82, 2.24) is 4.98 Å². The Balaban J connectivity index is 1.14. The van der Waals surface area contributed by atoms with Crippen molar-refractivity contribution in [3.8, 4) is 28.0 Å². The van der Waals surface area contributed by atoms with Crippen LogP contribution in [-0.4, -0.2) is 35.9 Å². The molecule has 2 aromatic carbocycles. The monoisotopic (exact) mass is 507 g/mol. The fraction of sp³-hybridized carbons (Fsp3) is 0.448. The first kappa shape index (κ1) is 24.6. The Bertz CT molecular complexity index is 1200. The number of thiazole rings is 1. The largest absolute Gasteiger partial charge is 0.493 e. The van der Waals surface area contributed by atoms with Gasteiger partial charge in [0.25, 0.3) is 0 Å². The highest BCUT2D eigenvalue weighted by Crippen LogP contribution is 2.38. The predicted octanol–water partition coefficient (Wildman–Crippen LogP) is 6.44. The van der Waals surface area contributed by atoms with Gasteiger partial charge in [-0.25, -0.2) is 4.98 Å². The summed E-state index contributed by atoms with van der Waals surface area (Å²) in [5, 5.41) is 10.1. The Morgan fingerprint density at radius 1 is 1.17 bits per heavy atom. The Labute approximate surface area is 216 Å². The maximum absolute atomic E-state index is 11.1. The molecule has 0 radical (unpaired) electrons. The quantitative estimate of drug-likeness (QED) is 0.301. The molecular weight excluding hydrogens is 474 g/mol. The van der Waals surface area contributed by atoms with Gasteiger partial charge in [-0.05, 0) is 85.0 Å². The second kappa shape index (κ2) is 11.3. The molecule has 0 spiro atoms. The molecule has 0 bridgehead atoms. The predicted molar refractivity (Wildman–Crippen MR) is 141 cm³/mol. The van der Waals surface area contributed by atoms with Crippen LogP contribution < -0.4 is 14.2 Å². The summed E-state index contributed by atoms with van der Waals surface area (Å²) in [7, 11) is 0. The van der Waals surface area contributed by atoms with Crippen LogP contribution in [0.4, 0.5) is 0 Å². The topological polar surface area (TPSA) is 77.9 Å². The van der Waals surface area contributed by atoms with Crippen LogP contribution in [0.5, 0.6) is 17.4 Å². The van der Waals surface area contributed by atoms with Crippen molar-refractivity contribution >= 4 is 17.3 Å². The number of hydrogen-bond acceptors (Lipinski definition) is 6. The summed E-state index contributed by atoms with van der Waals surface area (Å²) in [6, 6.07) is 12.4. The van der Waals surface area contributed by atoms with Gasteiger partial charge in [-0.15, -0.1) is 11.3 Å². The van der Waals surface area contributed by atoms with Crippen LogP contribution >= 0.6 is 11.3 Å². The molecule has 2 aliphatic rings. The van der Waals surface area contributed by atoms with Crippen LogP contribution in [0.2, 0.25) is 0 Å². The molecule has 1 aromatic heterocycles. The lowest BCUT2D eigenvalue weighted by atomic mass is 9.98. The van der Waals surface area contributed by atoms with Gasteiger partial charge in [-0.2, -0.15) is 0 Å². The summed E-state index contributed by atoms with van der Waals surface area (Å²) >= 11 is 1.73. The normalized spacial score (nSPS) is 16.2. The minimum absolute atomic E-state index is 0.123. The molecule has 3 aromatic rings. The van der Waals surface area contributed by atoms with E-state index < -0.39 is 5.97 Å². The molecule has 7 heteroatoms. The summed E-state index contributed by atoms with van der Waals surface area (Å²) in [6.07, 6.45) is 6.91. The average molecular weight is 508 g/mol. The van der Waals surface area contributed by atoms with E-state index in [2.05, 4.69) is 31.2 Å². The maximum Gasteiger partial charge on any atom is 0.303 e. The molecule has 6 nitrogen and oxygen atoms in total. The van der Waals surface area contributed by atoms with E-state index in [0.717, 1.165) is 85.1 Å². The first-order chi connectivity index (χ1) is 17.6. The van der Waals surface area contributed by atoms with Gasteiger partial charge >= 0.3 is 5.97 Å². The van der Waals surface area contributed by atoms with E-state index in [-0.39, 0.29) is 12.3 Å². The van der Waals surface area contributed by atoms with E-state index in [4.69, 9.17) is 24.3 Å². The van der Waals surface area contributed by atoms with Gasteiger partial charge in [0.15, 0.2) is 0 Å². The molecular formula is C29H33NO5S. The van der Waals surface area contributed by atoms with Crippen molar-refractivity contribution in [2.45, 2.75) is 64.2 Å². The van der Waals surface area contributed by atoms with E-state index in [0.29, 0.717) is 13.2 Å². The minimum Gasteiger partial charge on any atom is -0.493 e. The van der Waals surface area contributed by atoms with Gasteiger partial charge in [0.2, 0.25) is 5.88 Å². The van der Waals surface area contributed by atoms with Crippen molar-refractivity contribution < 1.29 is 24.1 Å². The van der Waals surface area contributed by atoms with Crippen LogP contribution in [0.3, 0.4) is 0 Å². The highest BCUT2D eigenvalue weighted by atomic mass is 32.1. The highest BCUT2D eigenvalue weighted by Gasteiger charge is 2.25. The van der Waals surface area contributed by atoms with Gasteiger partial charge < -0.3 is 19.3 Å². The molecule has 1 aliphatic carbocycles. The zero-order valence-electron chi connectivity index (χ0n) is 20.8. The van der Waals surface area contributed by atoms with Crippen LogP contribution in [-0.2, 0) is 24.1 Å². The molecule has 1 N–H and O–H groups in total. The van der Waals surface area contributed by atoms with E-state index in [1.165, 1.54) is 16.0 Å². The van der Waals surface area contributed by atoms with Crippen molar-refractivity contribution in [2.24, 2.45) is 0 Å². The number of nitrogens with zero attached hydrogens (tertiary/aromatic N) is 1. The average Bonchev–Trinajstić information content (AvgIpc) is 3.48. The Morgan fingerprint density at radius 3 is 2.89 bits per heavy atom. The summed E-state index contributed by atoms with van der Waals surface area (Å²) in [5.41, 5.74) is 4.70. The van der Waals surface area contributed by atoms with E-state index in [9.17, 15) is 4.79 Å².